The molecule has 0 amide bonds. The number of hydrogen-bond acceptors (Lipinski definition) is 4. The van der Waals surface area contributed by atoms with Crippen molar-refractivity contribution in [2.75, 3.05) is 5.32 Å². The Morgan fingerprint density at radius 2 is 1.95 bits per heavy atom. The first kappa shape index (κ1) is 13.2. The van der Waals surface area contributed by atoms with E-state index in [1.807, 2.05) is 4.98 Å². The van der Waals surface area contributed by atoms with Gasteiger partial charge in [-0.3, -0.25) is 0 Å². The first-order chi connectivity index (χ1) is 8.88. The normalized spacial score (nSPS) is 13.3. The van der Waals surface area contributed by atoms with E-state index >= 15 is 0 Å². The largest absolute Gasteiger partial charge is 0.507 e. The van der Waals surface area contributed by atoms with Crippen LogP contribution in [0.3, 0.4) is 0 Å². The molecule has 1 heterocycles. The third-order valence-electron chi connectivity index (χ3n) is 2.39. The Morgan fingerprint density at radius 3 is 2.53 bits per heavy atom. The van der Waals surface area contributed by atoms with Crippen LogP contribution >= 0.6 is 0 Å². The third-order valence-corrected chi connectivity index (χ3v) is 2.39. The Bertz CT molecular complexity index is 568. The maximum Gasteiger partial charge on any atom is 0.432 e. The molecule has 0 aliphatic heterocycles. The smallest absolute Gasteiger partial charge is 0.432 e. The van der Waals surface area contributed by atoms with Crippen molar-refractivity contribution in [2.24, 2.45) is 0 Å². The lowest BCUT2D eigenvalue weighted by Crippen LogP contribution is -2.11. The van der Waals surface area contributed by atoms with Gasteiger partial charge in [-0.05, 0) is 6.07 Å². The lowest BCUT2D eigenvalue weighted by Gasteiger charge is -2.13. The molecule has 0 aliphatic carbocycles. The highest BCUT2D eigenvalue weighted by Gasteiger charge is 2.33. The number of para-hydroxylation sites is 1. The van der Waals surface area contributed by atoms with Gasteiger partial charge >= 0.3 is 6.18 Å². The second kappa shape index (κ2) is 4.81. The number of alkyl halides is 3. The van der Waals surface area contributed by atoms with Gasteiger partial charge in [0.25, 0.3) is 0 Å². The number of rotatable bonds is 3. The Morgan fingerprint density at radius 1 is 1.26 bits per heavy atom. The van der Waals surface area contributed by atoms with E-state index in [0.29, 0.717) is 6.20 Å². The SMILES string of the molecule is Oc1ccccc1C(O)Nc1ncc(C(F)(F)F)[nH]1. The van der Waals surface area contributed by atoms with Crippen molar-refractivity contribution < 1.29 is 23.4 Å². The number of benzene rings is 1. The molecule has 2 aromatic rings. The van der Waals surface area contributed by atoms with Crippen molar-refractivity contribution in [3.05, 3.63) is 41.7 Å². The predicted octanol–water partition coefficient (Wildman–Crippen LogP) is 2.24. The summed E-state index contributed by atoms with van der Waals surface area (Å²) in [7, 11) is 0. The number of nitrogens with zero attached hydrogens (tertiary/aromatic N) is 1. The molecule has 1 aromatic heterocycles. The van der Waals surface area contributed by atoms with Gasteiger partial charge in [0, 0.05) is 5.56 Å². The molecule has 8 heteroatoms. The van der Waals surface area contributed by atoms with Gasteiger partial charge < -0.3 is 20.5 Å². The minimum Gasteiger partial charge on any atom is -0.507 e. The van der Waals surface area contributed by atoms with Crippen LogP contribution in [0.1, 0.15) is 17.5 Å². The van der Waals surface area contributed by atoms with Gasteiger partial charge in [0.1, 0.15) is 11.4 Å². The third kappa shape index (κ3) is 2.97. The number of H-pyrrole nitrogens is 1. The number of aliphatic hydroxyl groups excluding tert-OH is 1. The van der Waals surface area contributed by atoms with Crippen LogP contribution in [0.2, 0.25) is 0 Å². The number of aromatic hydroxyl groups is 1. The summed E-state index contributed by atoms with van der Waals surface area (Å²) in [5.41, 5.74) is -0.896. The van der Waals surface area contributed by atoms with Crippen LogP contribution in [0.4, 0.5) is 19.1 Å². The molecule has 19 heavy (non-hydrogen) atoms. The quantitative estimate of drug-likeness (QED) is 0.646. The highest BCUT2D eigenvalue weighted by Crippen LogP contribution is 2.29. The van der Waals surface area contributed by atoms with Gasteiger partial charge in [0.15, 0.2) is 6.23 Å². The Balaban J connectivity index is 2.14. The second-order valence-electron chi connectivity index (χ2n) is 3.75. The van der Waals surface area contributed by atoms with Crippen LogP contribution < -0.4 is 5.32 Å². The average Bonchev–Trinajstić information content (AvgIpc) is 2.77. The van der Waals surface area contributed by atoms with Crippen LogP contribution in [-0.4, -0.2) is 20.2 Å². The number of hydrogen-bond donors (Lipinski definition) is 4. The molecular weight excluding hydrogens is 263 g/mol. The monoisotopic (exact) mass is 273 g/mol. The van der Waals surface area contributed by atoms with Crippen molar-refractivity contribution in [2.45, 2.75) is 12.4 Å². The zero-order valence-corrected chi connectivity index (χ0v) is 9.44. The van der Waals surface area contributed by atoms with Crippen LogP contribution in [0, 0.1) is 0 Å². The molecule has 1 aromatic carbocycles. The van der Waals surface area contributed by atoms with Crippen LogP contribution in [0.5, 0.6) is 5.75 Å². The summed E-state index contributed by atoms with van der Waals surface area (Å²) in [6.45, 7) is 0. The number of imidazole rings is 1. The number of phenolic OH excluding ortho intramolecular Hbond substituents is 1. The summed E-state index contributed by atoms with van der Waals surface area (Å²) < 4.78 is 37.0. The molecule has 1 unspecified atom stereocenters. The van der Waals surface area contributed by atoms with E-state index in [4.69, 9.17) is 0 Å². The molecule has 4 N–H and O–H groups in total. The molecule has 0 bridgehead atoms. The molecule has 0 fully saturated rings. The Labute approximate surface area is 105 Å². The number of aliphatic hydroxyl groups is 1. The summed E-state index contributed by atoms with van der Waals surface area (Å²) >= 11 is 0. The van der Waals surface area contributed by atoms with Gasteiger partial charge in [-0.15, -0.1) is 0 Å². The standard InChI is InChI=1S/C11H10F3N3O2/c12-11(13,14)8-5-15-10(16-8)17-9(19)6-3-1-2-4-7(6)18/h1-5,9,18-19H,(H2,15,16,17). The molecular formula is C11H10F3N3O2. The highest BCUT2D eigenvalue weighted by atomic mass is 19.4. The maximum atomic E-state index is 12.3. The fraction of sp³-hybridized carbons (Fsp3) is 0.182. The molecule has 0 radical (unpaired) electrons. The molecule has 2 rings (SSSR count). The number of aromatic amines is 1. The minimum atomic E-state index is -4.53. The number of phenols is 1. The maximum absolute atomic E-state index is 12.3. The number of aromatic nitrogens is 2. The summed E-state index contributed by atoms with van der Waals surface area (Å²) in [6, 6.07) is 5.91. The van der Waals surface area contributed by atoms with E-state index in [0.717, 1.165) is 0 Å². The minimum absolute atomic E-state index is 0.132. The van der Waals surface area contributed by atoms with E-state index in [2.05, 4.69) is 10.3 Å². The van der Waals surface area contributed by atoms with Crippen LogP contribution in [0.15, 0.2) is 30.5 Å². The van der Waals surface area contributed by atoms with Gasteiger partial charge in [-0.2, -0.15) is 13.2 Å². The van der Waals surface area contributed by atoms with Crippen LogP contribution in [-0.2, 0) is 6.18 Å². The fourth-order valence-electron chi connectivity index (χ4n) is 1.46. The van der Waals surface area contributed by atoms with Crippen molar-refractivity contribution in [1.82, 2.24) is 9.97 Å². The molecule has 0 saturated heterocycles. The molecule has 0 spiro atoms. The summed E-state index contributed by atoms with van der Waals surface area (Å²) in [5, 5.41) is 21.6. The first-order valence-electron chi connectivity index (χ1n) is 5.22. The van der Waals surface area contributed by atoms with Gasteiger partial charge in [0.2, 0.25) is 5.95 Å². The lowest BCUT2D eigenvalue weighted by molar-refractivity contribution is -0.140. The molecule has 5 nitrogen and oxygen atoms in total. The fourth-order valence-corrected chi connectivity index (χ4v) is 1.46. The molecule has 102 valence electrons. The molecule has 1 atom stereocenters. The summed E-state index contributed by atoms with van der Waals surface area (Å²) in [4.78, 5) is 5.43. The van der Waals surface area contributed by atoms with Gasteiger partial charge in [-0.1, -0.05) is 18.2 Å². The Kier molecular flexibility index (Phi) is 3.34. The van der Waals surface area contributed by atoms with Crippen molar-refractivity contribution in [1.29, 1.82) is 0 Å². The Hall–Kier alpha value is -2.22. The number of nitrogens with one attached hydrogen (secondary N) is 2. The molecule has 0 saturated carbocycles. The highest BCUT2D eigenvalue weighted by molar-refractivity contribution is 5.38. The van der Waals surface area contributed by atoms with E-state index in [1.54, 1.807) is 12.1 Å². The predicted molar refractivity (Wildman–Crippen MR) is 60.3 cm³/mol. The zero-order valence-electron chi connectivity index (χ0n) is 9.44. The lowest BCUT2D eigenvalue weighted by atomic mass is 10.2. The first-order valence-corrected chi connectivity index (χ1v) is 5.22. The second-order valence-corrected chi connectivity index (χ2v) is 3.75. The van der Waals surface area contributed by atoms with Crippen LogP contribution in [0.25, 0.3) is 0 Å². The van der Waals surface area contributed by atoms with E-state index < -0.39 is 18.1 Å². The zero-order chi connectivity index (χ0) is 14.0. The topological polar surface area (TPSA) is 81.2 Å². The number of halogens is 3. The molecule has 0 aliphatic rings. The van der Waals surface area contributed by atoms with Crippen molar-refractivity contribution in [3.63, 3.8) is 0 Å². The summed E-state index contributed by atoms with van der Waals surface area (Å²) in [6.07, 6.45) is -5.31. The van der Waals surface area contributed by atoms with Crippen molar-refractivity contribution in [3.8, 4) is 5.75 Å². The van der Waals surface area contributed by atoms with Gasteiger partial charge in [-0.25, -0.2) is 4.98 Å². The van der Waals surface area contributed by atoms with E-state index in [-0.39, 0.29) is 17.3 Å². The number of anilines is 1. The average molecular weight is 273 g/mol. The van der Waals surface area contributed by atoms with Crippen molar-refractivity contribution >= 4 is 5.95 Å². The van der Waals surface area contributed by atoms with E-state index in [9.17, 15) is 23.4 Å². The van der Waals surface area contributed by atoms with Gasteiger partial charge in [0.05, 0.1) is 6.20 Å². The summed E-state index contributed by atoms with van der Waals surface area (Å²) in [5.74, 6) is -0.423. The van der Waals surface area contributed by atoms with E-state index in [1.165, 1.54) is 12.1 Å².